The van der Waals surface area contributed by atoms with Gasteiger partial charge in [0, 0.05) is 22.3 Å². The summed E-state index contributed by atoms with van der Waals surface area (Å²) in [5.41, 5.74) is 0.706. The minimum absolute atomic E-state index is 0.0286. The van der Waals surface area contributed by atoms with Crippen LogP contribution >= 0.6 is 58.3 Å². The molecule has 1 N–H and O–H groups in total. The standard InChI is InChI=1S/C22H15Cl3N4O4S2/c23-13-4-15(25)16(5-14(13)24)34-10-17(30)27-18-20(31)29-19(22(32)33)12(9-35-21(18)29)8-28-3-1-2-11(6-26)7-28/h1-5,7,18,21H,8-10H2,(H-,27,30,32,33)/t18-,21-/m1/s1. The monoisotopic (exact) mass is 568 g/mol. The van der Waals surface area contributed by atoms with Crippen molar-refractivity contribution in [2.24, 2.45) is 0 Å². The topological polar surface area (TPSA) is 117 Å². The molecule has 0 saturated carbocycles. The van der Waals surface area contributed by atoms with Crippen LogP contribution in [0.25, 0.3) is 0 Å². The minimum atomic E-state index is -1.47. The summed E-state index contributed by atoms with van der Waals surface area (Å²) in [7, 11) is 0. The Morgan fingerprint density at radius 2 is 2.03 bits per heavy atom. The average Bonchev–Trinajstić information content (AvgIpc) is 2.83. The second-order valence-electron chi connectivity index (χ2n) is 7.56. The highest BCUT2D eigenvalue weighted by atomic mass is 35.5. The van der Waals surface area contributed by atoms with Crippen LogP contribution in [0.2, 0.25) is 15.1 Å². The number of nitrogens with one attached hydrogen (secondary N) is 1. The highest BCUT2D eigenvalue weighted by Gasteiger charge is 2.53. The maximum atomic E-state index is 12.8. The van der Waals surface area contributed by atoms with Crippen LogP contribution in [0.3, 0.4) is 0 Å². The molecule has 4 rings (SSSR count). The Kier molecular flexibility index (Phi) is 7.83. The molecule has 35 heavy (non-hydrogen) atoms. The summed E-state index contributed by atoms with van der Waals surface area (Å²) in [6.07, 6.45) is 3.30. The number of carboxylic acids is 1. The van der Waals surface area contributed by atoms with Crippen LogP contribution in [0, 0.1) is 11.3 Å². The summed E-state index contributed by atoms with van der Waals surface area (Å²) in [5, 5.41) is 24.1. The average molecular weight is 570 g/mol. The molecule has 0 aliphatic carbocycles. The lowest BCUT2D eigenvalue weighted by molar-refractivity contribution is -0.689. The number of β-lactam (4-membered cyclic amide) rings is 1. The third-order valence-electron chi connectivity index (χ3n) is 5.25. The van der Waals surface area contributed by atoms with E-state index in [1.54, 1.807) is 35.2 Å². The summed E-state index contributed by atoms with van der Waals surface area (Å²) < 4.78 is 1.67. The number of nitriles is 1. The Bertz CT molecular complexity index is 1310. The van der Waals surface area contributed by atoms with E-state index in [1.165, 1.54) is 17.8 Å². The summed E-state index contributed by atoms with van der Waals surface area (Å²) >= 11 is 20.5. The Hall–Kier alpha value is -2.42. The molecule has 0 bridgehead atoms. The largest absolute Gasteiger partial charge is 0.543 e. The van der Waals surface area contributed by atoms with Gasteiger partial charge in [-0.05, 0) is 18.2 Å². The Morgan fingerprint density at radius 1 is 1.29 bits per heavy atom. The van der Waals surface area contributed by atoms with Gasteiger partial charge in [-0.25, -0.2) is 0 Å². The van der Waals surface area contributed by atoms with E-state index < -0.39 is 29.2 Å². The third-order valence-corrected chi connectivity index (χ3v) is 8.79. The molecule has 2 aliphatic heterocycles. The molecule has 1 aromatic carbocycles. The lowest BCUT2D eigenvalue weighted by Gasteiger charge is -2.50. The van der Waals surface area contributed by atoms with Crippen LogP contribution in [0.4, 0.5) is 0 Å². The van der Waals surface area contributed by atoms with E-state index in [0.29, 0.717) is 36.9 Å². The first-order chi connectivity index (χ1) is 16.7. The quantitative estimate of drug-likeness (QED) is 0.235. The van der Waals surface area contributed by atoms with Gasteiger partial charge in [0.25, 0.3) is 5.91 Å². The molecule has 2 amide bonds. The van der Waals surface area contributed by atoms with E-state index in [-0.39, 0.29) is 18.0 Å². The molecule has 0 unspecified atom stereocenters. The van der Waals surface area contributed by atoms with Crippen molar-refractivity contribution in [1.82, 2.24) is 10.2 Å². The molecule has 2 atom stereocenters. The molecule has 180 valence electrons. The fourth-order valence-corrected chi connectivity index (χ4v) is 6.55. The predicted octanol–water partition coefficient (Wildman–Crippen LogP) is 2.00. The highest BCUT2D eigenvalue weighted by Crippen LogP contribution is 2.40. The van der Waals surface area contributed by atoms with Gasteiger partial charge in [-0.3, -0.25) is 14.5 Å². The van der Waals surface area contributed by atoms with Crippen LogP contribution < -0.4 is 15.0 Å². The van der Waals surface area contributed by atoms with E-state index in [9.17, 15) is 19.5 Å². The molecule has 2 aliphatic rings. The molecular formula is C22H15Cl3N4O4S2. The van der Waals surface area contributed by atoms with Crippen molar-refractivity contribution in [3.8, 4) is 6.07 Å². The molecule has 0 spiro atoms. The number of amides is 2. The van der Waals surface area contributed by atoms with Crippen molar-refractivity contribution in [1.29, 1.82) is 5.26 Å². The second kappa shape index (κ2) is 10.7. The van der Waals surface area contributed by atoms with E-state index >= 15 is 0 Å². The van der Waals surface area contributed by atoms with Gasteiger partial charge in [0.05, 0.1) is 32.5 Å². The molecule has 1 aromatic heterocycles. The van der Waals surface area contributed by atoms with Gasteiger partial charge in [0.2, 0.25) is 5.91 Å². The maximum Gasteiger partial charge on any atom is 0.253 e. The van der Waals surface area contributed by atoms with Crippen LogP contribution in [0.5, 0.6) is 0 Å². The molecule has 1 saturated heterocycles. The van der Waals surface area contributed by atoms with Crippen molar-refractivity contribution < 1.29 is 24.1 Å². The smallest absolute Gasteiger partial charge is 0.253 e. The first kappa shape index (κ1) is 25.7. The van der Waals surface area contributed by atoms with Gasteiger partial charge in [0.15, 0.2) is 18.9 Å². The molecular weight excluding hydrogens is 555 g/mol. The number of carbonyl (C=O) groups excluding carboxylic acids is 3. The molecule has 3 heterocycles. The predicted molar refractivity (Wildman–Crippen MR) is 131 cm³/mol. The number of fused-ring (bicyclic) bond motifs is 1. The number of rotatable bonds is 7. The molecule has 2 aromatic rings. The van der Waals surface area contributed by atoms with Crippen molar-refractivity contribution in [3.05, 3.63) is 68.6 Å². The summed E-state index contributed by atoms with van der Waals surface area (Å²) in [4.78, 5) is 39.0. The fourth-order valence-electron chi connectivity index (χ4n) is 3.67. The zero-order valence-electron chi connectivity index (χ0n) is 17.7. The zero-order chi connectivity index (χ0) is 25.3. The van der Waals surface area contributed by atoms with Crippen molar-refractivity contribution in [2.45, 2.75) is 22.9 Å². The lowest BCUT2D eigenvalue weighted by Crippen LogP contribution is -2.71. The first-order valence-electron chi connectivity index (χ1n) is 10.0. The van der Waals surface area contributed by atoms with Gasteiger partial charge in [0.1, 0.15) is 23.0 Å². The number of halogens is 3. The lowest BCUT2D eigenvalue weighted by atomic mass is 10.0. The van der Waals surface area contributed by atoms with Crippen LogP contribution in [0.15, 0.2) is 52.8 Å². The van der Waals surface area contributed by atoms with E-state index in [2.05, 4.69) is 5.32 Å². The normalized spacial score (nSPS) is 19.0. The number of benzene rings is 1. The van der Waals surface area contributed by atoms with Crippen molar-refractivity contribution in [2.75, 3.05) is 11.5 Å². The first-order valence-corrected chi connectivity index (χ1v) is 13.2. The van der Waals surface area contributed by atoms with Crippen molar-refractivity contribution >= 4 is 76.1 Å². The van der Waals surface area contributed by atoms with Gasteiger partial charge >= 0.3 is 0 Å². The van der Waals surface area contributed by atoms with Gasteiger partial charge < -0.3 is 15.2 Å². The van der Waals surface area contributed by atoms with Crippen LogP contribution in [0.1, 0.15) is 5.56 Å². The molecule has 1 fully saturated rings. The summed E-state index contributed by atoms with van der Waals surface area (Å²) in [5.74, 6) is -2.11. The number of hydrogen-bond acceptors (Lipinski definition) is 7. The Labute approximate surface area is 223 Å². The number of aliphatic carboxylic acids is 1. The number of thioether (sulfide) groups is 2. The third kappa shape index (κ3) is 5.39. The maximum absolute atomic E-state index is 12.8. The van der Waals surface area contributed by atoms with Gasteiger partial charge in [-0.15, -0.1) is 23.5 Å². The summed E-state index contributed by atoms with van der Waals surface area (Å²) in [6.45, 7) is 0.181. The summed E-state index contributed by atoms with van der Waals surface area (Å²) in [6, 6.07) is 7.53. The highest BCUT2D eigenvalue weighted by molar-refractivity contribution is 8.00. The second-order valence-corrected chi connectivity index (χ2v) is 10.9. The van der Waals surface area contributed by atoms with E-state index in [4.69, 9.17) is 40.1 Å². The van der Waals surface area contributed by atoms with Gasteiger partial charge in [-0.2, -0.15) is 9.83 Å². The number of pyridine rings is 1. The Morgan fingerprint density at radius 3 is 2.74 bits per heavy atom. The Balaban J connectivity index is 1.43. The van der Waals surface area contributed by atoms with E-state index in [0.717, 1.165) is 16.7 Å². The molecule has 13 heteroatoms. The fraction of sp³-hybridized carbons (Fsp3) is 0.227. The zero-order valence-corrected chi connectivity index (χ0v) is 21.6. The number of hydrogen-bond donors (Lipinski definition) is 1. The number of carboxylic acid groups (broad SMARTS) is 1. The number of nitrogens with zero attached hydrogens (tertiary/aromatic N) is 3. The van der Waals surface area contributed by atoms with Gasteiger partial charge in [-0.1, -0.05) is 34.8 Å². The SMILES string of the molecule is N#Cc1ccc[n+](CC2=C(C(=O)[O-])N3C(=O)[C@@H](NC(=O)CSc4cc(Cl)c(Cl)cc4Cl)[C@H]3SC2)c1. The minimum Gasteiger partial charge on any atom is -0.543 e. The van der Waals surface area contributed by atoms with E-state index in [1.807, 2.05) is 6.07 Å². The van der Waals surface area contributed by atoms with Crippen LogP contribution in [-0.2, 0) is 20.9 Å². The molecule has 8 nitrogen and oxygen atoms in total. The molecule has 0 radical (unpaired) electrons. The number of aromatic nitrogens is 1. The number of carbonyl (C=O) groups is 3. The van der Waals surface area contributed by atoms with Crippen LogP contribution in [-0.4, -0.2) is 45.6 Å². The van der Waals surface area contributed by atoms with Crippen molar-refractivity contribution in [3.63, 3.8) is 0 Å².